The highest BCUT2D eigenvalue weighted by Gasteiger charge is 2.23. The third-order valence-corrected chi connectivity index (χ3v) is 4.90. The molecule has 6 heteroatoms. The summed E-state index contributed by atoms with van der Waals surface area (Å²) in [5.41, 5.74) is 2.40. The Labute approximate surface area is 179 Å². The molecule has 0 fully saturated rings. The monoisotopic (exact) mass is 416 g/mol. The van der Waals surface area contributed by atoms with Gasteiger partial charge in [0.15, 0.2) is 23.0 Å². The minimum atomic E-state index is -0.267. The van der Waals surface area contributed by atoms with Crippen molar-refractivity contribution in [3.05, 3.63) is 54.1 Å². The molecular weight excluding hydrogens is 384 g/mol. The van der Waals surface area contributed by atoms with E-state index in [-0.39, 0.29) is 23.2 Å². The van der Waals surface area contributed by atoms with Crippen molar-refractivity contribution in [2.45, 2.75) is 32.6 Å². The zero-order valence-corrected chi connectivity index (χ0v) is 18.7. The van der Waals surface area contributed by atoms with Crippen LogP contribution in [0.15, 0.2) is 37.4 Å². The molecule has 0 saturated heterocycles. The number of phenolic OH excluding ortho intramolecular Hbond substituents is 1. The van der Waals surface area contributed by atoms with Gasteiger partial charge in [0.1, 0.15) is 5.78 Å². The van der Waals surface area contributed by atoms with Crippen LogP contribution in [0.2, 0.25) is 0 Å². The molecule has 2 aromatic rings. The summed E-state index contributed by atoms with van der Waals surface area (Å²) >= 11 is 0. The summed E-state index contributed by atoms with van der Waals surface area (Å²) in [7, 11) is 6.13. The van der Waals surface area contributed by atoms with Gasteiger partial charge < -0.3 is 24.1 Å². The molecule has 0 heterocycles. The lowest BCUT2D eigenvalue weighted by Crippen LogP contribution is -2.11. The van der Waals surface area contributed by atoms with Crippen LogP contribution in [0.3, 0.4) is 0 Å². The van der Waals surface area contributed by atoms with Crippen molar-refractivity contribution in [3.8, 4) is 28.7 Å². The first kappa shape index (κ1) is 24.9. The number of carbonyl (C=O) groups is 1. The number of phenols is 1. The Morgan fingerprint density at radius 2 is 1.50 bits per heavy atom. The van der Waals surface area contributed by atoms with Crippen LogP contribution in [0.4, 0.5) is 0 Å². The van der Waals surface area contributed by atoms with E-state index in [0.717, 1.165) is 11.1 Å². The van der Waals surface area contributed by atoms with E-state index in [2.05, 4.69) is 13.2 Å². The number of methoxy groups -OCH3 is 4. The highest BCUT2D eigenvalue weighted by atomic mass is 16.5. The van der Waals surface area contributed by atoms with Gasteiger partial charge in [0.2, 0.25) is 5.75 Å². The minimum Gasteiger partial charge on any atom is -0.504 e. The number of aromatic hydroxyl groups is 1. The van der Waals surface area contributed by atoms with Gasteiger partial charge in [-0.15, -0.1) is 13.2 Å². The fourth-order valence-electron chi connectivity index (χ4n) is 3.44. The second-order valence-corrected chi connectivity index (χ2v) is 6.46. The van der Waals surface area contributed by atoms with Crippen molar-refractivity contribution in [3.63, 3.8) is 0 Å². The lowest BCUT2D eigenvalue weighted by molar-refractivity contribution is -0.118. The van der Waals surface area contributed by atoms with Crippen molar-refractivity contribution < 1.29 is 28.8 Å². The van der Waals surface area contributed by atoms with Crippen molar-refractivity contribution in [1.29, 1.82) is 0 Å². The van der Waals surface area contributed by atoms with Gasteiger partial charge in [-0.25, -0.2) is 0 Å². The quantitative estimate of drug-likeness (QED) is 0.586. The Morgan fingerprint density at radius 3 is 1.97 bits per heavy atom. The van der Waals surface area contributed by atoms with Crippen LogP contribution in [0, 0.1) is 0 Å². The van der Waals surface area contributed by atoms with E-state index in [9.17, 15) is 9.90 Å². The molecule has 6 nitrogen and oxygen atoms in total. The fraction of sp³-hybridized carbons (Fsp3) is 0.375. The fourth-order valence-corrected chi connectivity index (χ4v) is 3.44. The van der Waals surface area contributed by atoms with Gasteiger partial charge in [0, 0.05) is 17.9 Å². The van der Waals surface area contributed by atoms with Crippen LogP contribution in [-0.2, 0) is 11.2 Å². The maximum atomic E-state index is 12.2. The third-order valence-electron chi connectivity index (χ3n) is 4.90. The molecule has 0 aliphatic carbocycles. The zero-order valence-electron chi connectivity index (χ0n) is 18.7. The van der Waals surface area contributed by atoms with E-state index in [1.165, 1.54) is 14.2 Å². The first-order chi connectivity index (χ1) is 14.4. The summed E-state index contributed by atoms with van der Waals surface area (Å²) in [6.07, 6.45) is 1.06. The highest BCUT2D eigenvalue weighted by Crippen LogP contribution is 2.42. The highest BCUT2D eigenvalue weighted by molar-refractivity contribution is 5.84. The van der Waals surface area contributed by atoms with Crippen LogP contribution in [-0.4, -0.2) is 39.3 Å². The van der Waals surface area contributed by atoms with Crippen LogP contribution >= 0.6 is 0 Å². The Morgan fingerprint density at radius 1 is 0.933 bits per heavy atom. The molecule has 0 saturated carbocycles. The van der Waals surface area contributed by atoms with E-state index < -0.39 is 0 Å². The number of ketones is 1. The zero-order chi connectivity index (χ0) is 22.8. The van der Waals surface area contributed by atoms with E-state index in [4.69, 9.17) is 18.9 Å². The number of rotatable bonds is 9. The Bertz CT molecular complexity index is 859. The van der Waals surface area contributed by atoms with Crippen molar-refractivity contribution in [1.82, 2.24) is 0 Å². The molecule has 0 aromatic heterocycles. The van der Waals surface area contributed by atoms with Gasteiger partial charge in [-0.2, -0.15) is 0 Å². The molecule has 0 radical (unpaired) electrons. The summed E-state index contributed by atoms with van der Waals surface area (Å²) in [5.74, 6) is 1.69. The van der Waals surface area contributed by atoms with Crippen molar-refractivity contribution in [2.24, 2.45) is 0 Å². The number of benzene rings is 2. The Hall–Kier alpha value is -3.15. The average molecular weight is 417 g/mol. The largest absolute Gasteiger partial charge is 0.504 e. The van der Waals surface area contributed by atoms with Gasteiger partial charge in [0.05, 0.1) is 28.4 Å². The summed E-state index contributed by atoms with van der Waals surface area (Å²) in [5, 5.41) is 10.7. The number of ether oxygens (including phenoxy) is 4. The molecule has 30 heavy (non-hydrogen) atoms. The molecule has 0 spiro atoms. The van der Waals surface area contributed by atoms with Crippen molar-refractivity contribution >= 4 is 5.78 Å². The van der Waals surface area contributed by atoms with Crippen LogP contribution in [0.1, 0.15) is 42.9 Å². The molecule has 0 bridgehead atoms. The second kappa shape index (κ2) is 11.8. The summed E-state index contributed by atoms with van der Waals surface area (Å²) in [6.45, 7) is 9.56. The lowest BCUT2D eigenvalue weighted by atomic mass is 9.86. The SMILES string of the molecule is C=C.CCC(C(C)=O)c1cc(OC)c(OC)cc1Cc1ccc(OC)c(OC)c1O. The molecule has 1 unspecified atom stereocenters. The molecular formula is C24H32O6. The van der Waals surface area contributed by atoms with E-state index in [0.29, 0.717) is 35.7 Å². The minimum absolute atomic E-state index is 0.0125. The number of hydrogen-bond donors (Lipinski definition) is 1. The topological polar surface area (TPSA) is 74.2 Å². The van der Waals surface area contributed by atoms with Crippen molar-refractivity contribution in [2.75, 3.05) is 28.4 Å². The first-order valence-corrected chi connectivity index (χ1v) is 9.59. The lowest BCUT2D eigenvalue weighted by Gasteiger charge is -2.21. The van der Waals surface area contributed by atoms with Gasteiger partial charge in [-0.3, -0.25) is 4.79 Å². The Kier molecular flexibility index (Phi) is 9.75. The van der Waals surface area contributed by atoms with Crippen LogP contribution in [0.25, 0.3) is 0 Å². The third kappa shape index (κ3) is 5.26. The van der Waals surface area contributed by atoms with Gasteiger partial charge in [0.25, 0.3) is 0 Å². The molecule has 2 aromatic carbocycles. The maximum absolute atomic E-state index is 12.2. The molecule has 1 N–H and O–H groups in total. The normalized spacial score (nSPS) is 11.0. The van der Waals surface area contributed by atoms with Gasteiger partial charge in [-0.1, -0.05) is 13.0 Å². The van der Waals surface area contributed by atoms with Crippen LogP contribution < -0.4 is 18.9 Å². The Balaban J connectivity index is 0.00000218. The molecule has 0 aliphatic heterocycles. The first-order valence-electron chi connectivity index (χ1n) is 9.59. The summed E-state index contributed by atoms with van der Waals surface area (Å²) in [4.78, 5) is 12.2. The molecule has 164 valence electrons. The number of Topliss-reactive ketones (excluding diaryl/α,β-unsaturated/α-hetero) is 1. The van der Waals surface area contributed by atoms with E-state index in [1.807, 2.05) is 19.1 Å². The standard InChI is InChI=1S/C22H28O6.C2H4/c1-7-16(13(2)23)17-12-20(27-5)19(26-4)11-15(17)10-14-8-9-18(25-3)22(28-6)21(14)24;1-2/h8-9,11-12,16,24H,7,10H2,1-6H3;1-2H2. The smallest absolute Gasteiger partial charge is 0.203 e. The predicted octanol–water partition coefficient (Wildman–Crippen LogP) is 4.90. The molecule has 1 atom stereocenters. The molecule has 0 amide bonds. The maximum Gasteiger partial charge on any atom is 0.203 e. The van der Waals surface area contributed by atoms with Crippen LogP contribution in [0.5, 0.6) is 28.7 Å². The average Bonchev–Trinajstić information content (AvgIpc) is 2.76. The van der Waals surface area contributed by atoms with Gasteiger partial charge >= 0.3 is 0 Å². The van der Waals surface area contributed by atoms with E-state index in [1.54, 1.807) is 33.3 Å². The van der Waals surface area contributed by atoms with E-state index >= 15 is 0 Å². The number of hydrogen-bond acceptors (Lipinski definition) is 6. The summed E-state index contributed by atoms with van der Waals surface area (Å²) in [6, 6.07) is 7.24. The second-order valence-electron chi connectivity index (χ2n) is 6.46. The molecule has 0 aliphatic rings. The molecule has 2 rings (SSSR count). The number of carbonyl (C=O) groups excluding carboxylic acids is 1. The van der Waals surface area contributed by atoms with Gasteiger partial charge in [-0.05, 0) is 42.7 Å². The predicted molar refractivity (Wildman–Crippen MR) is 119 cm³/mol. The summed E-state index contributed by atoms with van der Waals surface area (Å²) < 4.78 is 21.4.